The first-order valence-electron chi connectivity index (χ1n) is 12.7. The Kier molecular flexibility index (Phi) is 7.63. The summed E-state index contributed by atoms with van der Waals surface area (Å²) in [6.45, 7) is 8.04. The van der Waals surface area contributed by atoms with Crippen LogP contribution in [0.2, 0.25) is 0 Å². The van der Waals surface area contributed by atoms with Crippen LogP contribution in [-0.2, 0) is 17.5 Å². The highest BCUT2D eigenvalue weighted by Gasteiger charge is 2.33. The van der Waals surface area contributed by atoms with Crippen LogP contribution < -0.4 is 5.73 Å². The molecule has 1 fully saturated rings. The van der Waals surface area contributed by atoms with Gasteiger partial charge in [0.1, 0.15) is 28.7 Å². The lowest BCUT2D eigenvalue weighted by atomic mass is 10.0. The minimum atomic E-state index is -4.44. The van der Waals surface area contributed by atoms with Gasteiger partial charge in [0.25, 0.3) is 0 Å². The number of ether oxygens (including phenoxy) is 1. The fraction of sp³-hybridized carbons (Fsp3) is 0.481. The molecule has 0 spiro atoms. The number of halogens is 3. The molecular weight excluding hydrogens is 511 g/mol. The van der Waals surface area contributed by atoms with Gasteiger partial charge >= 0.3 is 12.3 Å². The molecular formula is C27H32F3N7O2. The number of likely N-dealkylation sites (tertiary alicyclic amines) is 1. The van der Waals surface area contributed by atoms with E-state index in [0.717, 1.165) is 6.07 Å². The molecule has 1 aliphatic rings. The van der Waals surface area contributed by atoms with Crippen LogP contribution in [0.5, 0.6) is 0 Å². The first-order chi connectivity index (χ1) is 18.3. The lowest BCUT2D eigenvalue weighted by molar-refractivity contribution is -0.138. The Balaban J connectivity index is 1.55. The Labute approximate surface area is 224 Å². The molecule has 9 nitrogen and oxygen atoms in total. The fourth-order valence-electron chi connectivity index (χ4n) is 4.78. The molecule has 2 aromatic heterocycles. The van der Waals surface area contributed by atoms with Crippen LogP contribution in [0.25, 0.3) is 11.3 Å². The van der Waals surface area contributed by atoms with Gasteiger partial charge in [-0.3, -0.25) is 4.68 Å². The summed E-state index contributed by atoms with van der Waals surface area (Å²) < 4.78 is 48.6. The summed E-state index contributed by atoms with van der Waals surface area (Å²) in [7, 11) is 0. The van der Waals surface area contributed by atoms with E-state index in [0.29, 0.717) is 49.2 Å². The molecule has 2 N–H and O–H groups in total. The van der Waals surface area contributed by atoms with Crippen LogP contribution in [0.15, 0.2) is 30.6 Å². The molecule has 12 heteroatoms. The van der Waals surface area contributed by atoms with Crippen molar-refractivity contribution in [2.75, 3.05) is 18.8 Å². The van der Waals surface area contributed by atoms with Gasteiger partial charge in [0.15, 0.2) is 0 Å². The second kappa shape index (κ2) is 10.6. The van der Waals surface area contributed by atoms with Crippen molar-refractivity contribution in [1.29, 1.82) is 5.26 Å². The molecule has 208 valence electrons. The number of carbonyl (C=O) groups excluding carboxylic acids is 1. The Hall–Kier alpha value is -4.01. The predicted octanol–water partition coefficient (Wildman–Crippen LogP) is 5.54. The minimum Gasteiger partial charge on any atom is -0.444 e. The summed E-state index contributed by atoms with van der Waals surface area (Å²) in [5, 5.41) is 18.8. The Morgan fingerprint density at radius 1 is 1.23 bits per heavy atom. The number of carbonyl (C=O) groups is 1. The molecule has 0 aliphatic carbocycles. The molecule has 3 aromatic rings. The minimum absolute atomic E-state index is 0.122. The highest BCUT2D eigenvalue weighted by atomic mass is 19.4. The molecule has 0 radical (unpaired) electrons. The third kappa shape index (κ3) is 6.19. The van der Waals surface area contributed by atoms with Gasteiger partial charge < -0.3 is 15.4 Å². The zero-order chi connectivity index (χ0) is 28.5. The molecule has 1 aromatic carbocycles. The standard InChI is InChI=1S/C27H32F3N7O2/c1-17-18(7-5-9-22(17)27(28,29)30)15-36-16-19(14-33-36)23-21(13-31)24(32)37(34-23)20-8-6-11-35(12-10-20)25(38)39-26(2,3)4/h5,7,9,14,16,20H,6,8,10-12,15,32H2,1-4H3/t20-/m0/s1. The van der Waals surface area contributed by atoms with E-state index in [1.165, 1.54) is 23.9 Å². The molecule has 1 atom stereocenters. The first kappa shape index (κ1) is 28.0. The van der Waals surface area contributed by atoms with Crippen molar-refractivity contribution < 1.29 is 22.7 Å². The van der Waals surface area contributed by atoms with E-state index in [2.05, 4.69) is 16.3 Å². The second-order valence-corrected chi connectivity index (χ2v) is 10.7. The van der Waals surface area contributed by atoms with E-state index in [1.807, 2.05) is 20.8 Å². The van der Waals surface area contributed by atoms with Gasteiger partial charge in [0.2, 0.25) is 0 Å². The Morgan fingerprint density at radius 3 is 2.64 bits per heavy atom. The summed E-state index contributed by atoms with van der Waals surface area (Å²) in [5.41, 5.74) is 6.81. The number of nitrogen functional groups attached to an aromatic ring is 1. The van der Waals surface area contributed by atoms with Crippen molar-refractivity contribution in [3.63, 3.8) is 0 Å². The van der Waals surface area contributed by atoms with E-state index < -0.39 is 17.3 Å². The number of nitrogens with two attached hydrogens (primary N) is 1. The van der Waals surface area contributed by atoms with Gasteiger partial charge in [-0.05, 0) is 64.2 Å². The van der Waals surface area contributed by atoms with E-state index >= 15 is 0 Å². The average Bonchev–Trinajstić information content (AvgIpc) is 3.33. The smallest absolute Gasteiger partial charge is 0.416 e. The van der Waals surface area contributed by atoms with Gasteiger partial charge in [0, 0.05) is 24.8 Å². The highest BCUT2D eigenvalue weighted by molar-refractivity contribution is 5.72. The maximum absolute atomic E-state index is 13.3. The van der Waals surface area contributed by atoms with E-state index in [4.69, 9.17) is 10.5 Å². The molecule has 1 amide bonds. The zero-order valence-electron chi connectivity index (χ0n) is 22.4. The number of hydrogen-bond donors (Lipinski definition) is 1. The highest BCUT2D eigenvalue weighted by Crippen LogP contribution is 2.34. The maximum atomic E-state index is 13.3. The lowest BCUT2D eigenvalue weighted by Crippen LogP contribution is -2.37. The van der Waals surface area contributed by atoms with Crippen LogP contribution in [0.1, 0.15) is 68.3 Å². The summed E-state index contributed by atoms with van der Waals surface area (Å²) >= 11 is 0. The number of hydrogen-bond acceptors (Lipinski definition) is 6. The Morgan fingerprint density at radius 2 is 1.97 bits per heavy atom. The SMILES string of the molecule is Cc1c(Cn2cc(-c3nn([C@H]4CCCN(C(=O)OC(C)(C)C)CC4)c(N)c3C#N)cn2)cccc1C(F)(F)F. The third-order valence-corrected chi connectivity index (χ3v) is 6.74. The van der Waals surface area contributed by atoms with Crippen molar-refractivity contribution in [2.24, 2.45) is 0 Å². The molecule has 0 bridgehead atoms. The van der Waals surface area contributed by atoms with Crippen molar-refractivity contribution in [3.05, 3.63) is 52.8 Å². The topological polar surface area (TPSA) is 115 Å². The summed E-state index contributed by atoms with van der Waals surface area (Å²) in [6, 6.07) is 6.07. The van der Waals surface area contributed by atoms with Crippen molar-refractivity contribution >= 4 is 11.9 Å². The van der Waals surface area contributed by atoms with Gasteiger partial charge in [-0.2, -0.15) is 28.6 Å². The van der Waals surface area contributed by atoms with E-state index in [-0.39, 0.29) is 35.6 Å². The molecule has 4 rings (SSSR count). The molecule has 39 heavy (non-hydrogen) atoms. The molecule has 1 aliphatic heterocycles. The van der Waals surface area contributed by atoms with Crippen LogP contribution in [0.3, 0.4) is 0 Å². The maximum Gasteiger partial charge on any atom is 0.416 e. The molecule has 0 unspecified atom stereocenters. The number of benzene rings is 1. The van der Waals surface area contributed by atoms with Crippen LogP contribution >= 0.6 is 0 Å². The molecule has 3 heterocycles. The zero-order valence-corrected chi connectivity index (χ0v) is 22.4. The second-order valence-electron chi connectivity index (χ2n) is 10.7. The number of nitriles is 1. The summed E-state index contributed by atoms with van der Waals surface area (Å²) in [5.74, 6) is 0.227. The number of rotatable bonds is 4. The number of anilines is 1. The normalized spacial score (nSPS) is 16.6. The third-order valence-electron chi connectivity index (χ3n) is 6.74. The van der Waals surface area contributed by atoms with Crippen molar-refractivity contribution in [1.82, 2.24) is 24.5 Å². The molecule has 1 saturated heterocycles. The fourth-order valence-corrected chi connectivity index (χ4v) is 4.78. The number of alkyl halides is 3. The van der Waals surface area contributed by atoms with Crippen LogP contribution in [0, 0.1) is 18.3 Å². The number of amides is 1. The lowest BCUT2D eigenvalue weighted by Gasteiger charge is -2.26. The number of nitrogens with zero attached hydrogens (tertiary/aromatic N) is 6. The van der Waals surface area contributed by atoms with Crippen molar-refractivity contribution in [2.45, 2.75) is 71.3 Å². The summed E-state index contributed by atoms with van der Waals surface area (Å²) in [6.07, 6.45) is 0.376. The molecule has 0 saturated carbocycles. The average molecular weight is 544 g/mol. The van der Waals surface area contributed by atoms with Crippen LogP contribution in [0.4, 0.5) is 23.8 Å². The summed E-state index contributed by atoms with van der Waals surface area (Å²) in [4.78, 5) is 14.2. The quantitative estimate of drug-likeness (QED) is 0.462. The van der Waals surface area contributed by atoms with E-state index in [9.17, 15) is 23.2 Å². The predicted molar refractivity (Wildman–Crippen MR) is 139 cm³/mol. The van der Waals surface area contributed by atoms with Gasteiger partial charge in [-0.25, -0.2) is 9.48 Å². The van der Waals surface area contributed by atoms with E-state index in [1.54, 1.807) is 21.8 Å². The van der Waals surface area contributed by atoms with Crippen molar-refractivity contribution in [3.8, 4) is 17.3 Å². The Bertz CT molecular complexity index is 1400. The van der Waals surface area contributed by atoms with Gasteiger partial charge in [0.05, 0.1) is 24.3 Å². The van der Waals surface area contributed by atoms with Gasteiger partial charge in [-0.1, -0.05) is 12.1 Å². The monoisotopic (exact) mass is 543 g/mol. The number of aromatic nitrogens is 4. The largest absolute Gasteiger partial charge is 0.444 e. The van der Waals surface area contributed by atoms with Gasteiger partial charge in [-0.15, -0.1) is 0 Å². The first-order valence-corrected chi connectivity index (χ1v) is 12.7. The van der Waals surface area contributed by atoms with Crippen LogP contribution in [-0.4, -0.2) is 49.2 Å².